The van der Waals surface area contributed by atoms with Gasteiger partial charge in [0.25, 0.3) is 0 Å². The van der Waals surface area contributed by atoms with Crippen LogP contribution < -0.4 is 5.76 Å². The fraction of sp³-hybridized carbons (Fsp3) is 0.333. The van der Waals surface area contributed by atoms with E-state index in [0.717, 1.165) is 30.5 Å². The normalized spacial score (nSPS) is 14.0. The van der Waals surface area contributed by atoms with Crippen molar-refractivity contribution in [1.29, 1.82) is 0 Å². The van der Waals surface area contributed by atoms with Gasteiger partial charge in [-0.05, 0) is 55.2 Å². The number of benzene rings is 1. The zero-order valence-electron chi connectivity index (χ0n) is 17.2. The highest BCUT2D eigenvalue weighted by molar-refractivity contribution is 7.89. The molecule has 31 heavy (non-hydrogen) atoms. The molecule has 1 aliphatic rings. The van der Waals surface area contributed by atoms with E-state index in [1.54, 1.807) is 19.2 Å². The predicted octanol–water partition coefficient (Wildman–Crippen LogP) is 2.34. The number of furan rings is 1. The van der Waals surface area contributed by atoms with Crippen molar-refractivity contribution in [2.75, 3.05) is 0 Å². The first kappa shape index (κ1) is 19.8. The molecule has 0 fully saturated rings. The molecule has 10 heteroatoms. The Morgan fingerprint density at radius 1 is 1.16 bits per heavy atom. The third-order valence-corrected chi connectivity index (χ3v) is 7.63. The standard InChI is InChI=1S/C21H22N4O5S/c1-23-19-11-15(8-9-20(19)30-21(23)26)31(27,28)25(12-14-5-4-10-29-14)13-17-16-6-3-7-18(16)24(2)22-17/h4-5,8-11H,3,6-7,12-13H2,1-2H3. The third-order valence-electron chi connectivity index (χ3n) is 5.84. The van der Waals surface area contributed by atoms with Gasteiger partial charge >= 0.3 is 5.76 Å². The molecular weight excluding hydrogens is 420 g/mol. The molecule has 1 aromatic carbocycles. The molecule has 0 bridgehead atoms. The van der Waals surface area contributed by atoms with E-state index < -0.39 is 15.8 Å². The van der Waals surface area contributed by atoms with Gasteiger partial charge in [-0.1, -0.05) is 0 Å². The Labute approximate surface area is 178 Å². The number of fused-ring (bicyclic) bond motifs is 2. The van der Waals surface area contributed by atoms with Gasteiger partial charge in [-0.15, -0.1) is 0 Å². The fourth-order valence-electron chi connectivity index (χ4n) is 4.21. The van der Waals surface area contributed by atoms with Crippen LogP contribution in [0, 0.1) is 0 Å². The van der Waals surface area contributed by atoms with Crippen LogP contribution in [-0.4, -0.2) is 27.1 Å². The number of hydrogen-bond donors (Lipinski definition) is 0. The molecule has 0 aliphatic heterocycles. The Hall–Kier alpha value is -3.11. The van der Waals surface area contributed by atoms with E-state index in [-0.39, 0.29) is 18.0 Å². The number of sulfonamides is 1. The van der Waals surface area contributed by atoms with Crippen LogP contribution in [0.5, 0.6) is 0 Å². The van der Waals surface area contributed by atoms with Crippen LogP contribution in [0.4, 0.5) is 0 Å². The van der Waals surface area contributed by atoms with Gasteiger partial charge in [-0.25, -0.2) is 13.2 Å². The number of rotatable bonds is 6. The minimum absolute atomic E-state index is 0.0725. The Bertz CT molecular complexity index is 1430. The zero-order valence-corrected chi connectivity index (χ0v) is 18.1. The highest BCUT2D eigenvalue weighted by Crippen LogP contribution is 2.29. The summed E-state index contributed by atoms with van der Waals surface area (Å²) in [6.45, 7) is 0.206. The number of aryl methyl sites for hydroxylation is 2. The van der Waals surface area contributed by atoms with Crippen LogP contribution in [0.15, 0.2) is 55.1 Å². The van der Waals surface area contributed by atoms with E-state index in [0.29, 0.717) is 16.9 Å². The lowest BCUT2D eigenvalue weighted by molar-refractivity contribution is 0.354. The summed E-state index contributed by atoms with van der Waals surface area (Å²) in [7, 11) is -0.476. The minimum Gasteiger partial charge on any atom is -0.468 e. The number of hydrogen-bond acceptors (Lipinski definition) is 6. The lowest BCUT2D eigenvalue weighted by Crippen LogP contribution is -2.30. The van der Waals surface area contributed by atoms with Gasteiger partial charge in [0, 0.05) is 19.8 Å². The van der Waals surface area contributed by atoms with Gasteiger partial charge in [0.15, 0.2) is 5.58 Å². The third kappa shape index (κ3) is 3.31. The quantitative estimate of drug-likeness (QED) is 0.454. The van der Waals surface area contributed by atoms with Crippen molar-refractivity contribution < 1.29 is 17.3 Å². The average Bonchev–Trinajstić information content (AvgIpc) is 3.51. The van der Waals surface area contributed by atoms with Crippen molar-refractivity contribution in [2.45, 2.75) is 37.2 Å². The second kappa shape index (κ2) is 7.24. The SMILES string of the molecule is Cn1nc(CN(Cc2ccco2)S(=O)(=O)c2ccc3oc(=O)n(C)c3c2)c2c1CCC2. The highest BCUT2D eigenvalue weighted by Gasteiger charge is 2.30. The molecule has 3 heterocycles. The molecule has 0 radical (unpaired) electrons. The predicted molar refractivity (Wildman–Crippen MR) is 112 cm³/mol. The Balaban J connectivity index is 1.57. The van der Waals surface area contributed by atoms with E-state index in [9.17, 15) is 13.2 Å². The summed E-state index contributed by atoms with van der Waals surface area (Å²) in [5, 5.41) is 4.60. The fourth-order valence-corrected chi connectivity index (χ4v) is 5.60. The van der Waals surface area contributed by atoms with Crippen molar-refractivity contribution in [3.63, 3.8) is 0 Å². The number of aromatic nitrogens is 3. The summed E-state index contributed by atoms with van der Waals surface area (Å²) in [5.74, 6) is -0.00558. The van der Waals surface area contributed by atoms with Gasteiger partial charge in [0.2, 0.25) is 10.0 Å². The van der Waals surface area contributed by atoms with Gasteiger partial charge in [0.05, 0.1) is 35.5 Å². The molecule has 0 N–H and O–H groups in total. The lowest BCUT2D eigenvalue weighted by atomic mass is 10.2. The molecule has 0 unspecified atom stereocenters. The molecule has 9 nitrogen and oxygen atoms in total. The Morgan fingerprint density at radius 3 is 2.77 bits per heavy atom. The summed E-state index contributed by atoms with van der Waals surface area (Å²) in [4.78, 5) is 11.9. The second-order valence-corrected chi connectivity index (χ2v) is 9.70. The summed E-state index contributed by atoms with van der Waals surface area (Å²) in [6, 6.07) is 7.90. The van der Waals surface area contributed by atoms with E-state index in [1.807, 2.05) is 11.7 Å². The van der Waals surface area contributed by atoms with Gasteiger partial charge in [-0.2, -0.15) is 9.40 Å². The molecular formula is C21H22N4O5S. The summed E-state index contributed by atoms with van der Waals surface area (Å²) in [6.07, 6.45) is 4.42. The van der Waals surface area contributed by atoms with Crippen molar-refractivity contribution in [1.82, 2.24) is 18.7 Å². The Kier molecular flexibility index (Phi) is 4.63. The van der Waals surface area contributed by atoms with Crippen molar-refractivity contribution in [3.05, 3.63) is 69.9 Å². The van der Waals surface area contributed by atoms with Crippen LogP contribution in [0.3, 0.4) is 0 Å². The van der Waals surface area contributed by atoms with Crippen LogP contribution in [0.2, 0.25) is 0 Å². The lowest BCUT2D eigenvalue weighted by Gasteiger charge is -2.21. The topological polar surface area (TPSA) is 103 Å². The summed E-state index contributed by atoms with van der Waals surface area (Å²) in [5.41, 5.74) is 3.83. The van der Waals surface area contributed by atoms with Gasteiger partial charge in [0.1, 0.15) is 5.76 Å². The maximum atomic E-state index is 13.7. The van der Waals surface area contributed by atoms with Crippen LogP contribution in [0.1, 0.15) is 29.1 Å². The van der Waals surface area contributed by atoms with Crippen LogP contribution in [-0.2, 0) is 50.0 Å². The monoisotopic (exact) mass is 442 g/mol. The first-order valence-electron chi connectivity index (χ1n) is 10.0. The van der Waals surface area contributed by atoms with E-state index in [1.165, 1.54) is 39.0 Å². The van der Waals surface area contributed by atoms with Crippen molar-refractivity contribution in [3.8, 4) is 0 Å². The molecule has 162 valence electrons. The first-order chi connectivity index (χ1) is 14.8. The molecule has 0 spiro atoms. The molecule has 0 saturated carbocycles. The van der Waals surface area contributed by atoms with E-state index >= 15 is 0 Å². The van der Waals surface area contributed by atoms with E-state index in [4.69, 9.17) is 8.83 Å². The maximum absolute atomic E-state index is 13.7. The molecule has 3 aromatic heterocycles. The molecule has 4 aromatic rings. The van der Waals surface area contributed by atoms with E-state index in [2.05, 4.69) is 5.10 Å². The van der Waals surface area contributed by atoms with Gasteiger partial charge < -0.3 is 8.83 Å². The minimum atomic E-state index is -3.92. The van der Waals surface area contributed by atoms with Crippen LogP contribution >= 0.6 is 0 Å². The van der Waals surface area contributed by atoms with Crippen molar-refractivity contribution >= 4 is 21.1 Å². The molecule has 5 rings (SSSR count). The summed E-state index contributed by atoms with van der Waals surface area (Å²) < 4.78 is 42.4. The smallest absolute Gasteiger partial charge is 0.419 e. The number of oxazole rings is 1. The first-order valence-corrected chi connectivity index (χ1v) is 11.4. The maximum Gasteiger partial charge on any atom is 0.419 e. The molecule has 0 atom stereocenters. The largest absolute Gasteiger partial charge is 0.468 e. The number of nitrogens with zero attached hydrogens (tertiary/aromatic N) is 4. The molecule has 0 saturated heterocycles. The van der Waals surface area contributed by atoms with Crippen molar-refractivity contribution in [2.24, 2.45) is 14.1 Å². The molecule has 0 amide bonds. The van der Waals surface area contributed by atoms with Gasteiger partial charge in [-0.3, -0.25) is 9.25 Å². The molecule has 1 aliphatic carbocycles. The average molecular weight is 442 g/mol. The highest BCUT2D eigenvalue weighted by atomic mass is 32.2. The summed E-state index contributed by atoms with van der Waals surface area (Å²) >= 11 is 0. The Morgan fingerprint density at radius 2 is 2.00 bits per heavy atom. The van der Waals surface area contributed by atoms with Crippen LogP contribution in [0.25, 0.3) is 11.1 Å². The second-order valence-electron chi connectivity index (χ2n) is 7.76. The zero-order chi connectivity index (χ0) is 21.8.